The molecule has 2 N–H and O–H groups in total. The quantitative estimate of drug-likeness (QED) is 0.835. The fourth-order valence-electron chi connectivity index (χ4n) is 1.50. The predicted octanol–water partition coefficient (Wildman–Crippen LogP) is 0.226. The van der Waals surface area contributed by atoms with Crippen LogP contribution in [0.1, 0.15) is 6.42 Å². The Bertz CT molecular complexity index is 580. The van der Waals surface area contributed by atoms with Crippen LogP contribution in [0.2, 0.25) is 0 Å². The number of benzene rings is 1. The molecule has 0 aliphatic carbocycles. The molecule has 1 heterocycles. The second kappa shape index (κ2) is 4.17. The van der Waals surface area contributed by atoms with Gasteiger partial charge in [-0.15, -0.1) is 0 Å². The van der Waals surface area contributed by atoms with Crippen LogP contribution in [0.3, 0.4) is 0 Å². The van der Waals surface area contributed by atoms with Crippen LogP contribution in [0.25, 0.3) is 0 Å². The molecule has 0 unspecified atom stereocenters. The van der Waals surface area contributed by atoms with E-state index in [1.165, 1.54) is 12.4 Å². The number of aliphatic imine (C=N–C) groups is 1. The highest BCUT2D eigenvalue weighted by atomic mass is 32.2. The van der Waals surface area contributed by atoms with Gasteiger partial charge in [0.05, 0.1) is 5.69 Å². The summed E-state index contributed by atoms with van der Waals surface area (Å²) in [4.78, 5) is 14.8. The first kappa shape index (κ1) is 11.6. The van der Waals surface area contributed by atoms with Crippen LogP contribution >= 0.6 is 0 Å². The Balaban J connectivity index is 2.34. The lowest BCUT2D eigenvalue weighted by atomic mass is 10.3. The Kier molecular flexibility index (Phi) is 2.84. The third kappa shape index (κ3) is 2.14. The van der Waals surface area contributed by atoms with E-state index in [0.29, 0.717) is 5.69 Å². The monoisotopic (exact) mass is 253 g/mol. The SMILES string of the molecule is NC(=O)CCN1C=Nc2ccccc2S1(=O)=O. The van der Waals surface area contributed by atoms with Gasteiger partial charge in [0.25, 0.3) is 10.0 Å². The molecular formula is C10H11N3O3S. The summed E-state index contributed by atoms with van der Waals surface area (Å²) in [6, 6.07) is 6.45. The number of fused-ring (bicyclic) bond motifs is 1. The largest absolute Gasteiger partial charge is 0.370 e. The molecule has 2 rings (SSSR count). The minimum absolute atomic E-state index is 0.00943. The highest BCUT2D eigenvalue weighted by Gasteiger charge is 2.28. The Hall–Kier alpha value is -1.89. The lowest BCUT2D eigenvalue weighted by Crippen LogP contribution is -2.34. The zero-order valence-corrected chi connectivity index (χ0v) is 9.72. The summed E-state index contributed by atoms with van der Waals surface area (Å²) in [5.41, 5.74) is 5.39. The number of rotatable bonds is 3. The molecule has 0 saturated heterocycles. The maximum atomic E-state index is 12.1. The van der Waals surface area contributed by atoms with Crippen molar-refractivity contribution >= 4 is 28.0 Å². The molecule has 0 fully saturated rings. The standard InChI is InChI=1S/C10H11N3O3S/c11-10(14)5-6-13-7-12-8-3-1-2-4-9(8)17(13,15)16/h1-4,7H,5-6H2,(H2,11,14). The van der Waals surface area contributed by atoms with Crippen LogP contribution in [-0.2, 0) is 14.8 Å². The molecular weight excluding hydrogens is 242 g/mol. The number of nitrogens with zero attached hydrogens (tertiary/aromatic N) is 2. The number of primary amides is 1. The van der Waals surface area contributed by atoms with Gasteiger partial charge in [-0.05, 0) is 12.1 Å². The number of amides is 1. The van der Waals surface area contributed by atoms with E-state index in [2.05, 4.69) is 4.99 Å². The van der Waals surface area contributed by atoms with Gasteiger partial charge in [-0.1, -0.05) is 12.1 Å². The summed E-state index contributed by atoms with van der Waals surface area (Å²) in [7, 11) is -3.60. The van der Waals surface area contributed by atoms with Gasteiger partial charge >= 0.3 is 0 Å². The van der Waals surface area contributed by atoms with Crippen molar-refractivity contribution in [1.29, 1.82) is 0 Å². The minimum atomic E-state index is -3.60. The maximum absolute atomic E-state index is 12.1. The van der Waals surface area contributed by atoms with Crippen LogP contribution in [-0.4, -0.2) is 31.5 Å². The van der Waals surface area contributed by atoms with Gasteiger partial charge in [0.2, 0.25) is 5.91 Å². The van der Waals surface area contributed by atoms with Crippen molar-refractivity contribution in [1.82, 2.24) is 4.31 Å². The molecule has 0 aromatic heterocycles. The van der Waals surface area contributed by atoms with Gasteiger partial charge in [-0.25, -0.2) is 13.4 Å². The normalized spacial score (nSPS) is 16.6. The third-order valence-corrected chi connectivity index (χ3v) is 4.15. The fraction of sp³-hybridized carbons (Fsp3) is 0.200. The van der Waals surface area contributed by atoms with E-state index in [0.717, 1.165) is 4.31 Å². The van der Waals surface area contributed by atoms with Crippen LogP contribution < -0.4 is 5.73 Å². The first-order valence-electron chi connectivity index (χ1n) is 4.95. The van der Waals surface area contributed by atoms with Crippen molar-refractivity contribution < 1.29 is 13.2 Å². The summed E-state index contributed by atoms with van der Waals surface area (Å²) in [5.74, 6) is -0.549. The smallest absolute Gasteiger partial charge is 0.267 e. The van der Waals surface area contributed by atoms with Crippen LogP contribution in [0, 0.1) is 0 Å². The lowest BCUT2D eigenvalue weighted by Gasteiger charge is -2.23. The van der Waals surface area contributed by atoms with Crippen molar-refractivity contribution in [3.05, 3.63) is 24.3 Å². The van der Waals surface area contributed by atoms with E-state index in [4.69, 9.17) is 5.73 Å². The summed E-state index contributed by atoms with van der Waals surface area (Å²) in [6.07, 6.45) is 1.17. The van der Waals surface area contributed by atoms with Crippen molar-refractivity contribution in [3.63, 3.8) is 0 Å². The van der Waals surface area contributed by atoms with Gasteiger partial charge in [0.15, 0.2) is 0 Å². The molecule has 0 saturated carbocycles. The average Bonchev–Trinajstić information content (AvgIpc) is 2.28. The zero-order chi connectivity index (χ0) is 12.5. The fourth-order valence-corrected chi connectivity index (χ4v) is 2.89. The molecule has 0 radical (unpaired) electrons. The van der Waals surface area contributed by atoms with E-state index in [9.17, 15) is 13.2 Å². The third-order valence-electron chi connectivity index (χ3n) is 2.36. The Labute approximate surface area is 98.8 Å². The Morgan fingerprint density at radius 2 is 2.06 bits per heavy atom. The van der Waals surface area contributed by atoms with Gasteiger partial charge < -0.3 is 5.73 Å². The molecule has 17 heavy (non-hydrogen) atoms. The molecule has 0 spiro atoms. The topological polar surface area (TPSA) is 92.8 Å². The zero-order valence-electron chi connectivity index (χ0n) is 8.91. The molecule has 0 atom stereocenters. The lowest BCUT2D eigenvalue weighted by molar-refractivity contribution is -0.118. The number of sulfonamides is 1. The Morgan fingerprint density at radius 3 is 2.76 bits per heavy atom. The van der Waals surface area contributed by atoms with Gasteiger partial charge in [-0.2, -0.15) is 0 Å². The maximum Gasteiger partial charge on any atom is 0.267 e. The van der Waals surface area contributed by atoms with Crippen molar-refractivity contribution in [2.75, 3.05) is 6.54 Å². The number of carbonyl (C=O) groups is 1. The number of hydrogen-bond acceptors (Lipinski definition) is 4. The summed E-state index contributed by atoms with van der Waals surface area (Å²) in [5, 5.41) is 0. The average molecular weight is 253 g/mol. The summed E-state index contributed by atoms with van der Waals surface area (Å²) in [6.45, 7) is 0.00943. The van der Waals surface area contributed by atoms with Crippen molar-refractivity contribution in [2.24, 2.45) is 10.7 Å². The molecule has 1 aromatic carbocycles. The number of carbonyl (C=O) groups excluding carboxylic acids is 1. The molecule has 0 bridgehead atoms. The molecule has 1 amide bonds. The highest BCUT2D eigenvalue weighted by molar-refractivity contribution is 7.89. The Morgan fingerprint density at radius 1 is 1.35 bits per heavy atom. The summed E-state index contributed by atoms with van der Waals surface area (Å²) < 4.78 is 25.2. The second-order valence-corrected chi connectivity index (χ2v) is 5.40. The van der Waals surface area contributed by atoms with Crippen LogP contribution in [0.5, 0.6) is 0 Å². The summed E-state index contributed by atoms with van der Waals surface area (Å²) >= 11 is 0. The van der Waals surface area contributed by atoms with Crippen LogP contribution in [0.15, 0.2) is 34.2 Å². The van der Waals surface area contributed by atoms with Crippen molar-refractivity contribution in [3.8, 4) is 0 Å². The molecule has 1 aliphatic rings. The van der Waals surface area contributed by atoms with Gasteiger partial charge in [0.1, 0.15) is 11.2 Å². The first-order chi connectivity index (χ1) is 8.01. The second-order valence-electron chi connectivity index (χ2n) is 3.54. The number of hydrogen-bond donors (Lipinski definition) is 1. The van der Waals surface area contributed by atoms with E-state index >= 15 is 0 Å². The highest BCUT2D eigenvalue weighted by Crippen LogP contribution is 2.29. The van der Waals surface area contributed by atoms with Crippen LogP contribution in [0.4, 0.5) is 5.69 Å². The minimum Gasteiger partial charge on any atom is -0.370 e. The van der Waals surface area contributed by atoms with E-state index in [1.54, 1.807) is 18.2 Å². The van der Waals surface area contributed by atoms with Crippen molar-refractivity contribution in [2.45, 2.75) is 11.3 Å². The molecule has 1 aromatic rings. The van der Waals surface area contributed by atoms with Gasteiger partial charge in [-0.3, -0.25) is 9.10 Å². The molecule has 1 aliphatic heterocycles. The first-order valence-corrected chi connectivity index (χ1v) is 6.39. The molecule has 90 valence electrons. The van der Waals surface area contributed by atoms with E-state index < -0.39 is 15.9 Å². The van der Waals surface area contributed by atoms with E-state index in [1.807, 2.05) is 0 Å². The number of nitrogens with two attached hydrogens (primary N) is 1. The van der Waals surface area contributed by atoms with Gasteiger partial charge in [0, 0.05) is 13.0 Å². The number of para-hydroxylation sites is 1. The van der Waals surface area contributed by atoms with E-state index in [-0.39, 0.29) is 17.9 Å². The molecule has 6 nitrogen and oxygen atoms in total. The molecule has 7 heteroatoms. The predicted molar refractivity (Wildman–Crippen MR) is 62.3 cm³/mol.